The van der Waals surface area contributed by atoms with Gasteiger partial charge in [-0.1, -0.05) is 23.7 Å². The van der Waals surface area contributed by atoms with Crippen LogP contribution in [0.15, 0.2) is 47.5 Å². The Balaban J connectivity index is 1.86. The molecule has 0 radical (unpaired) electrons. The van der Waals surface area contributed by atoms with E-state index in [4.69, 9.17) is 11.6 Å². The number of pyridine rings is 1. The Hall–Kier alpha value is -1.88. The van der Waals surface area contributed by atoms with E-state index in [1.807, 2.05) is 0 Å². The molecule has 1 aromatic heterocycles. The Bertz CT molecular complexity index is 897. The molecular formula is C16H15ClF3N3O3S. The number of alkyl halides is 3. The van der Waals surface area contributed by atoms with Crippen LogP contribution in [0.2, 0.25) is 5.02 Å². The molecule has 6 nitrogen and oxygen atoms in total. The van der Waals surface area contributed by atoms with Gasteiger partial charge in [-0.25, -0.2) is 13.4 Å². The van der Waals surface area contributed by atoms with Gasteiger partial charge in [0.25, 0.3) is 0 Å². The van der Waals surface area contributed by atoms with Crippen molar-refractivity contribution in [3.63, 3.8) is 0 Å². The van der Waals surface area contributed by atoms with Gasteiger partial charge in [0.05, 0.1) is 11.7 Å². The van der Waals surface area contributed by atoms with Crippen molar-refractivity contribution in [1.29, 1.82) is 0 Å². The van der Waals surface area contributed by atoms with Gasteiger partial charge in [0, 0.05) is 17.6 Å². The highest BCUT2D eigenvalue weighted by Crippen LogP contribution is 2.31. The van der Waals surface area contributed by atoms with Crippen molar-refractivity contribution >= 4 is 21.6 Å². The third kappa shape index (κ3) is 4.70. The van der Waals surface area contributed by atoms with E-state index in [0.29, 0.717) is 24.5 Å². The van der Waals surface area contributed by atoms with Crippen LogP contribution in [0.4, 0.5) is 13.2 Å². The minimum atomic E-state index is -4.90. The number of nitrogens with zero attached hydrogens (tertiary/aromatic N) is 1. The van der Waals surface area contributed by atoms with E-state index in [9.17, 15) is 21.6 Å². The zero-order valence-electron chi connectivity index (χ0n) is 13.8. The first-order chi connectivity index (χ1) is 12.6. The largest absolute Gasteiger partial charge is 0.574 e. The monoisotopic (exact) mass is 421 g/mol. The number of benzene rings is 1. The summed E-state index contributed by atoms with van der Waals surface area (Å²) in [5.74, 6) is -0.739. The first kappa shape index (κ1) is 19.9. The number of ether oxygens (including phenoxy) is 1. The summed E-state index contributed by atoms with van der Waals surface area (Å²) in [7, 11) is -4.04. The summed E-state index contributed by atoms with van der Waals surface area (Å²) in [5, 5.41) is 3.64. The minimum Gasteiger partial charge on any atom is -0.388 e. The minimum absolute atomic E-state index is 0.266. The second kappa shape index (κ2) is 7.27. The average Bonchev–Trinajstić information content (AvgIpc) is 3.03. The molecule has 3 rings (SSSR count). The van der Waals surface area contributed by atoms with Gasteiger partial charge in [-0.15, -0.1) is 13.2 Å². The topological polar surface area (TPSA) is 80.3 Å². The van der Waals surface area contributed by atoms with Gasteiger partial charge in [0.15, 0.2) is 0 Å². The lowest BCUT2D eigenvalue weighted by atomic mass is 9.90. The highest BCUT2D eigenvalue weighted by molar-refractivity contribution is 7.89. The normalized spacial score (nSPS) is 20.6. The number of sulfonamides is 1. The van der Waals surface area contributed by atoms with Gasteiger partial charge in [-0.3, -0.25) is 0 Å². The summed E-state index contributed by atoms with van der Waals surface area (Å²) in [6.45, 7) is 0.957. The number of aromatic nitrogens is 1. The summed E-state index contributed by atoms with van der Waals surface area (Å²) in [6.07, 6.45) is -3.59. The molecule has 146 valence electrons. The number of nitrogens with one attached hydrogen (secondary N) is 2. The Morgan fingerprint density at radius 2 is 1.89 bits per heavy atom. The molecule has 11 heteroatoms. The molecule has 0 saturated carbocycles. The third-order valence-electron chi connectivity index (χ3n) is 4.12. The van der Waals surface area contributed by atoms with Crippen molar-refractivity contribution in [3.8, 4) is 5.88 Å². The molecule has 2 aromatic rings. The SMILES string of the molecule is O=S(=O)(N[C@@]1(c2ccc(Cl)cc2)CCNC1)c1ccc(OC(F)(F)F)nc1. The van der Waals surface area contributed by atoms with Crippen molar-refractivity contribution in [3.05, 3.63) is 53.2 Å². The van der Waals surface area contributed by atoms with E-state index in [-0.39, 0.29) is 4.90 Å². The molecule has 1 aromatic carbocycles. The number of hydrogen-bond acceptors (Lipinski definition) is 5. The lowest BCUT2D eigenvalue weighted by Gasteiger charge is -2.30. The van der Waals surface area contributed by atoms with Crippen LogP contribution in [0, 0.1) is 0 Å². The molecule has 0 aliphatic carbocycles. The molecule has 0 spiro atoms. The highest BCUT2D eigenvalue weighted by Gasteiger charge is 2.40. The molecule has 2 heterocycles. The zero-order valence-corrected chi connectivity index (χ0v) is 15.3. The average molecular weight is 422 g/mol. The zero-order chi connectivity index (χ0) is 19.7. The van der Waals surface area contributed by atoms with Crippen LogP contribution in [0.1, 0.15) is 12.0 Å². The number of hydrogen-bond donors (Lipinski definition) is 2. The van der Waals surface area contributed by atoms with E-state index in [0.717, 1.165) is 23.9 Å². The van der Waals surface area contributed by atoms with Crippen LogP contribution in [-0.2, 0) is 15.6 Å². The molecule has 0 bridgehead atoms. The van der Waals surface area contributed by atoms with Gasteiger partial charge in [0.1, 0.15) is 4.90 Å². The van der Waals surface area contributed by atoms with Gasteiger partial charge in [-0.2, -0.15) is 4.72 Å². The first-order valence-electron chi connectivity index (χ1n) is 7.82. The molecule has 1 fully saturated rings. The molecule has 1 aliphatic heterocycles. The maximum absolute atomic E-state index is 12.8. The Morgan fingerprint density at radius 1 is 1.19 bits per heavy atom. The van der Waals surface area contributed by atoms with Gasteiger partial charge in [-0.05, 0) is 36.7 Å². The van der Waals surface area contributed by atoms with Crippen molar-refractivity contribution in [1.82, 2.24) is 15.0 Å². The summed E-state index contributed by atoms with van der Waals surface area (Å²) in [6, 6.07) is 8.65. The van der Waals surface area contributed by atoms with Crippen LogP contribution < -0.4 is 14.8 Å². The molecule has 1 saturated heterocycles. The smallest absolute Gasteiger partial charge is 0.388 e. The van der Waals surface area contributed by atoms with Crippen molar-refractivity contribution in [2.45, 2.75) is 23.2 Å². The van der Waals surface area contributed by atoms with Crippen molar-refractivity contribution in [2.75, 3.05) is 13.1 Å². The predicted octanol–water partition coefficient (Wildman–Crippen LogP) is 2.80. The molecule has 1 atom stereocenters. The molecule has 0 unspecified atom stereocenters. The Morgan fingerprint density at radius 3 is 2.41 bits per heavy atom. The summed E-state index contributed by atoms with van der Waals surface area (Å²) in [4.78, 5) is 3.15. The Labute approximate surface area is 158 Å². The molecule has 27 heavy (non-hydrogen) atoms. The molecule has 0 amide bonds. The summed E-state index contributed by atoms with van der Waals surface area (Å²) in [5.41, 5.74) is -0.171. The molecule has 2 N–H and O–H groups in total. The maximum atomic E-state index is 12.8. The number of halogens is 4. The second-order valence-electron chi connectivity index (χ2n) is 6.00. The number of rotatable bonds is 5. The lowest BCUT2D eigenvalue weighted by molar-refractivity contribution is -0.276. The summed E-state index contributed by atoms with van der Waals surface area (Å²) >= 11 is 5.90. The van der Waals surface area contributed by atoms with Crippen LogP contribution in [0.25, 0.3) is 0 Å². The van der Waals surface area contributed by atoms with E-state index < -0.39 is 27.8 Å². The van der Waals surface area contributed by atoms with Gasteiger partial charge in [0.2, 0.25) is 15.9 Å². The van der Waals surface area contributed by atoms with Crippen molar-refractivity contribution in [2.24, 2.45) is 0 Å². The van der Waals surface area contributed by atoms with E-state index >= 15 is 0 Å². The highest BCUT2D eigenvalue weighted by atomic mass is 35.5. The fourth-order valence-corrected chi connectivity index (χ4v) is 4.36. The first-order valence-corrected chi connectivity index (χ1v) is 9.68. The lowest BCUT2D eigenvalue weighted by Crippen LogP contribution is -2.47. The van der Waals surface area contributed by atoms with E-state index in [2.05, 4.69) is 19.8 Å². The fraction of sp³-hybridized carbons (Fsp3) is 0.312. The maximum Gasteiger partial charge on any atom is 0.574 e. The fourth-order valence-electron chi connectivity index (χ4n) is 2.87. The van der Waals surface area contributed by atoms with E-state index in [1.54, 1.807) is 24.3 Å². The van der Waals surface area contributed by atoms with Gasteiger partial charge >= 0.3 is 6.36 Å². The quantitative estimate of drug-likeness (QED) is 0.776. The van der Waals surface area contributed by atoms with Crippen LogP contribution in [-0.4, -0.2) is 32.9 Å². The van der Waals surface area contributed by atoms with Crippen molar-refractivity contribution < 1.29 is 26.3 Å². The van der Waals surface area contributed by atoms with Crippen LogP contribution >= 0.6 is 11.6 Å². The van der Waals surface area contributed by atoms with Crippen LogP contribution in [0.3, 0.4) is 0 Å². The van der Waals surface area contributed by atoms with Crippen LogP contribution in [0.5, 0.6) is 5.88 Å². The molecular weight excluding hydrogens is 407 g/mol. The molecule has 1 aliphatic rings. The second-order valence-corrected chi connectivity index (χ2v) is 8.12. The predicted molar refractivity (Wildman–Crippen MR) is 91.9 cm³/mol. The summed E-state index contributed by atoms with van der Waals surface area (Å²) < 4.78 is 68.4. The standard InChI is InChI=1S/C16H15ClF3N3O3S/c17-12-3-1-11(2-4-12)15(7-8-21-10-15)23-27(24,25)13-5-6-14(22-9-13)26-16(18,19)20/h1-6,9,21,23H,7-8,10H2/t15-/m0/s1. The Kier molecular flexibility index (Phi) is 5.35. The van der Waals surface area contributed by atoms with E-state index in [1.165, 1.54) is 0 Å². The third-order valence-corrected chi connectivity index (χ3v) is 5.90. The van der Waals surface area contributed by atoms with Gasteiger partial charge < -0.3 is 10.1 Å².